The third-order valence-electron chi connectivity index (χ3n) is 4.11. The summed E-state index contributed by atoms with van der Waals surface area (Å²) in [6.07, 6.45) is 2.62. The first-order valence-electron chi connectivity index (χ1n) is 7.61. The maximum atomic E-state index is 6.04. The van der Waals surface area contributed by atoms with Gasteiger partial charge < -0.3 is 9.73 Å². The molecule has 1 aromatic heterocycles. The summed E-state index contributed by atoms with van der Waals surface area (Å²) in [5.74, 6) is 0.965. The lowest BCUT2D eigenvalue weighted by molar-refractivity contribution is 0.627. The predicted octanol–water partition coefficient (Wildman–Crippen LogP) is 4.66. The highest BCUT2D eigenvalue weighted by molar-refractivity contribution is 5.83. The van der Waals surface area contributed by atoms with Crippen molar-refractivity contribution in [1.29, 1.82) is 0 Å². The first kappa shape index (κ1) is 12.7. The summed E-state index contributed by atoms with van der Waals surface area (Å²) in [6, 6.07) is 17.7. The van der Waals surface area contributed by atoms with Crippen molar-refractivity contribution in [2.75, 3.05) is 0 Å². The standard InChI is InChI=1S/C19H19NO/c1-13-6-7-15(12-20-16-8-9-16)17(10-13)19-11-14-4-2-3-5-18(14)21-19/h2-7,10-11,16,20H,8-9,12H2,1H3. The average Bonchev–Trinajstić information content (AvgIpc) is 3.22. The van der Waals surface area contributed by atoms with Crippen molar-refractivity contribution in [1.82, 2.24) is 5.32 Å². The number of furan rings is 1. The summed E-state index contributed by atoms with van der Waals surface area (Å²) in [5.41, 5.74) is 4.74. The summed E-state index contributed by atoms with van der Waals surface area (Å²) in [5, 5.41) is 4.76. The Morgan fingerprint density at radius 2 is 1.95 bits per heavy atom. The molecule has 1 aliphatic rings. The molecule has 1 N–H and O–H groups in total. The van der Waals surface area contributed by atoms with E-state index < -0.39 is 0 Å². The van der Waals surface area contributed by atoms with Crippen LogP contribution in [0.4, 0.5) is 0 Å². The molecule has 2 heteroatoms. The van der Waals surface area contributed by atoms with E-state index in [9.17, 15) is 0 Å². The molecule has 1 aliphatic carbocycles. The Labute approximate surface area is 124 Å². The van der Waals surface area contributed by atoms with Crippen LogP contribution >= 0.6 is 0 Å². The van der Waals surface area contributed by atoms with E-state index in [1.165, 1.54) is 29.5 Å². The highest BCUT2D eigenvalue weighted by Crippen LogP contribution is 2.31. The second-order valence-corrected chi connectivity index (χ2v) is 5.96. The molecule has 4 rings (SSSR count). The highest BCUT2D eigenvalue weighted by atomic mass is 16.3. The van der Waals surface area contributed by atoms with E-state index in [1.807, 2.05) is 18.2 Å². The van der Waals surface area contributed by atoms with Gasteiger partial charge in [-0.25, -0.2) is 0 Å². The monoisotopic (exact) mass is 277 g/mol. The molecular formula is C19H19NO. The second-order valence-electron chi connectivity index (χ2n) is 5.96. The number of rotatable bonds is 4. The Bertz CT molecular complexity index is 750. The van der Waals surface area contributed by atoms with Gasteiger partial charge in [0.1, 0.15) is 11.3 Å². The van der Waals surface area contributed by atoms with Crippen molar-refractivity contribution < 1.29 is 4.42 Å². The normalized spacial score (nSPS) is 14.7. The third kappa shape index (κ3) is 2.59. The van der Waals surface area contributed by atoms with Crippen molar-refractivity contribution in [3.63, 3.8) is 0 Å². The van der Waals surface area contributed by atoms with Crippen LogP contribution in [0.2, 0.25) is 0 Å². The molecule has 2 nitrogen and oxygen atoms in total. The van der Waals surface area contributed by atoms with Crippen molar-refractivity contribution in [2.24, 2.45) is 0 Å². The third-order valence-corrected chi connectivity index (χ3v) is 4.11. The van der Waals surface area contributed by atoms with Gasteiger partial charge in [0.2, 0.25) is 0 Å². The van der Waals surface area contributed by atoms with E-state index in [0.717, 1.165) is 29.3 Å². The van der Waals surface area contributed by atoms with Crippen LogP contribution in [0.1, 0.15) is 24.0 Å². The Morgan fingerprint density at radius 3 is 2.76 bits per heavy atom. The summed E-state index contributed by atoms with van der Waals surface area (Å²) in [7, 11) is 0. The Kier molecular flexibility index (Phi) is 3.04. The quantitative estimate of drug-likeness (QED) is 0.750. The fourth-order valence-corrected chi connectivity index (χ4v) is 2.73. The van der Waals surface area contributed by atoms with Crippen molar-refractivity contribution in [2.45, 2.75) is 32.4 Å². The van der Waals surface area contributed by atoms with Gasteiger partial charge in [0, 0.05) is 23.5 Å². The zero-order valence-corrected chi connectivity index (χ0v) is 12.2. The molecule has 0 aliphatic heterocycles. The second kappa shape index (κ2) is 5.05. The lowest BCUT2D eigenvalue weighted by Crippen LogP contribution is -2.15. The minimum atomic E-state index is 0.717. The molecule has 0 amide bonds. The van der Waals surface area contributed by atoms with Gasteiger partial charge in [0.25, 0.3) is 0 Å². The van der Waals surface area contributed by atoms with Crippen molar-refractivity contribution in [3.8, 4) is 11.3 Å². The van der Waals surface area contributed by atoms with E-state index in [2.05, 4.69) is 42.6 Å². The lowest BCUT2D eigenvalue weighted by Gasteiger charge is -2.09. The summed E-state index contributed by atoms with van der Waals surface area (Å²) >= 11 is 0. The van der Waals surface area contributed by atoms with E-state index in [0.29, 0.717) is 0 Å². The maximum absolute atomic E-state index is 6.04. The van der Waals surface area contributed by atoms with Crippen LogP contribution in [0.25, 0.3) is 22.3 Å². The van der Waals surface area contributed by atoms with Crippen LogP contribution in [0.15, 0.2) is 52.9 Å². The molecule has 0 bridgehead atoms. The molecule has 0 radical (unpaired) electrons. The molecule has 2 aromatic carbocycles. The molecule has 0 saturated heterocycles. The van der Waals surface area contributed by atoms with E-state index in [4.69, 9.17) is 4.42 Å². The molecule has 0 atom stereocenters. The van der Waals surface area contributed by atoms with E-state index >= 15 is 0 Å². The molecule has 1 fully saturated rings. The fourth-order valence-electron chi connectivity index (χ4n) is 2.73. The van der Waals surface area contributed by atoms with Crippen LogP contribution in [-0.2, 0) is 6.54 Å². The Hall–Kier alpha value is -2.06. The van der Waals surface area contributed by atoms with Gasteiger partial charge in [0.05, 0.1) is 0 Å². The van der Waals surface area contributed by atoms with Crippen molar-refractivity contribution >= 4 is 11.0 Å². The molecule has 21 heavy (non-hydrogen) atoms. The van der Waals surface area contributed by atoms with Gasteiger partial charge in [-0.3, -0.25) is 0 Å². The first-order chi connectivity index (χ1) is 10.3. The summed E-state index contributed by atoms with van der Waals surface area (Å²) < 4.78 is 6.04. The SMILES string of the molecule is Cc1ccc(CNC2CC2)c(-c2cc3ccccc3o2)c1. The van der Waals surface area contributed by atoms with Gasteiger partial charge in [-0.1, -0.05) is 35.9 Å². The number of fused-ring (bicyclic) bond motifs is 1. The summed E-state index contributed by atoms with van der Waals surface area (Å²) in [4.78, 5) is 0. The smallest absolute Gasteiger partial charge is 0.135 e. The molecular weight excluding hydrogens is 258 g/mol. The van der Waals surface area contributed by atoms with Crippen LogP contribution in [0.3, 0.4) is 0 Å². The minimum Gasteiger partial charge on any atom is -0.456 e. The largest absolute Gasteiger partial charge is 0.456 e. The van der Waals surface area contributed by atoms with Gasteiger partial charge in [-0.05, 0) is 43.5 Å². The molecule has 106 valence electrons. The summed E-state index contributed by atoms with van der Waals surface area (Å²) in [6.45, 7) is 3.04. The zero-order valence-electron chi connectivity index (χ0n) is 12.2. The fraction of sp³-hybridized carbons (Fsp3) is 0.263. The van der Waals surface area contributed by atoms with Gasteiger partial charge in [-0.2, -0.15) is 0 Å². The van der Waals surface area contributed by atoms with Gasteiger partial charge >= 0.3 is 0 Å². The molecule has 3 aromatic rings. The average molecular weight is 277 g/mol. The number of hydrogen-bond acceptors (Lipinski definition) is 2. The van der Waals surface area contributed by atoms with Crippen molar-refractivity contribution in [3.05, 3.63) is 59.7 Å². The highest BCUT2D eigenvalue weighted by Gasteiger charge is 2.21. The lowest BCUT2D eigenvalue weighted by atomic mass is 10.0. The molecule has 0 spiro atoms. The van der Waals surface area contributed by atoms with Crippen LogP contribution < -0.4 is 5.32 Å². The topological polar surface area (TPSA) is 25.2 Å². The molecule has 1 heterocycles. The molecule has 0 unspecified atom stereocenters. The first-order valence-corrected chi connectivity index (χ1v) is 7.61. The van der Waals surface area contributed by atoms with Gasteiger partial charge in [0.15, 0.2) is 0 Å². The van der Waals surface area contributed by atoms with Gasteiger partial charge in [-0.15, -0.1) is 0 Å². The number of nitrogens with one attached hydrogen (secondary N) is 1. The van der Waals surface area contributed by atoms with Crippen LogP contribution in [0.5, 0.6) is 0 Å². The zero-order chi connectivity index (χ0) is 14.2. The van der Waals surface area contributed by atoms with E-state index in [-0.39, 0.29) is 0 Å². The molecule has 1 saturated carbocycles. The number of para-hydroxylation sites is 1. The van der Waals surface area contributed by atoms with E-state index in [1.54, 1.807) is 0 Å². The Balaban J connectivity index is 1.75. The number of benzene rings is 2. The predicted molar refractivity (Wildman–Crippen MR) is 86.2 cm³/mol. The number of hydrogen-bond donors (Lipinski definition) is 1. The van der Waals surface area contributed by atoms with Crippen LogP contribution in [0, 0.1) is 6.92 Å². The minimum absolute atomic E-state index is 0.717. The maximum Gasteiger partial charge on any atom is 0.135 e. The Morgan fingerprint density at radius 1 is 1.10 bits per heavy atom. The number of aryl methyl sites for hydroxylation is 1. The van der Waals surface area contributed by atoms with Crippen LogP contribution in [-0.4, -0.2) is 6.04 Å².